The number of nitrogen functional groups attached to an aromatic ring is 1. The van der Waals surface area contributed by atoms with Crippen LogP contribution in [0.4, 0.5) is 5.69 Å². The van der Waals surface area contributed by atoms with Gasteiger partial charge in [-0.2, -0.15) is 0 Å². The number of hydrogen-bond donors (Lipinski definition) is 3. The number of carbonyl (C=O) groups is 1. The summed E-state index contributed by atoms with van der Waals surface area (Å²) in [5.41, 5.74) is 4.37. The lowest BCUT2D eigenvalue weighted by Crippen LogP contribution is -2.30. The van der Waals surface area contributed by atoms with E-state index in [4.69, 9.17) is 5.84 Å². The molecule has 0 atom stereocenters. The lowest BCUT2D eigenvalue weighted by molar-refractivity contribution is 0.0954. The number of aryl methyl sites for hydroxylation is 1. The first-order chi connectivity index (χ1) is 6.60. The zero-order valence-corrected chi connectivity index (χ0v) is 9.60. The number of rotatable bonds is 2. The highest BCUT2D eigenvalue weighted by atomic mass is 79.9. The predicted molar refractivity (Wildman–Crippen MR) is 60.1 cm³/mol. The molecule has 0 heterocycles. The van der Waals surface area contributed by atoms with Crippen LogP contribution in [-0.4, -0.2) is 13.0 Å². The monoisotopic (exact) mass is 257 g/mol. The minimum Gasteiger partial charge on any atom is -0.387 e. The van der Waals surface area contributed by atoms with Crippen molar-refractivity contribution in [1.82, 2.24) is 5.43 Å². The van der Waals surface area contributed by atoms with Crippen molar-refractivity contribution in [3.63, 3.8) is 0 Å². The molecule has 76 valence electrons. The topological polar surface area (TPSA) is 67.2 Å². The highest BCUT2D eigenvalue weighted by molar-refractivity contribution is 9.10. The van der Waals surface area contributed by atoms with Crippen molar-refractivity contribution in [1.29, 1.82) is 0 Å². The van der Waals surface area contributed by atoms with Crippen LogP contribution in [0.1, 0.15) is 15.9 Å². The number of hydrogen-bond acceptors (Lipinski definition) is 3. The quantitative estimate of drug-likeness (QED) is 0.426. The number of carbonyl (C=O) groups excluding carboxylic acids is 1. The van der Waals surface area contributed by atoms with E-state index >= 15 is 0 Å². The Bertz CT molecular complexity index is 365. The van der Waals surface area contributed by atoms with E-state index < -0.39 is 0 Å². The van der Waals surface area contributed by atoms with Crippen molar-refractivity contribution in [3.05, 3.63) is 27.7 Å². The third-order valence-electron chi connectivity index (χ3n) is 1.86. The number of benzene rings is 1. The van der Waals surface area contributed by atoms with Crippen molar-refractivity contribution in [2.24, 2.45) is 5.84 Å². The van der Waals surface area contributed by atoms with Crippen LogP contribution >= 0.6 is 15.9 Å². The van der Waals surface area contributed by atoms with Crippen molar-refractivity contribution in [2.45, 2.75) is 6.92 Å². The molecule has 0 aliphatic carbocycles. The van der Waals surface area contributed by atoms with Gasteiger partial charge >= 0.3 is 0 Å². The van der Waals surface area contributed by atoms with Crippen molar-refractivity contribution >= 4 is 27.5 Å². The first-order valence-corrected chi connectivity index (χ1v) is 4.88. The molecular formula is C9H12BrN3O. The molecule has 1 aromatic carbocycles. The van der Waals surface area contributed by atoms with Crippen LogP contribution in [0.15, 0.2) is 16.6 Å². The molecule has 1 rings (SSSR count). The van der Waals surface area contributed by atoms with Gasteiger partial charge in [-0.1, -0.05) is 0 Å². The number of anilines is 1. The molecule has 0 spiro atoms. The summed E-state index contributed by atoms with van der Waals surface area (Å²) in [6, 6.07) is 3.71. The van der Waals surface area contributed by atoms with Crippen LogP contribution in [-0.2, 0) is 0 Å². The van der Waals surface area contributed by atoms with E-state index in [2.05, 4.69) is 26.7 Å². The molecule has 0 radical (unpaired) electrons. The lowest BCUT2D eigenvalue weighted by atomic mass is 10.1. The second-order valence-electron chi connectivity index (χ2n) is 2.89. The zero-order valence-electron chi connectivity index (χ0n) is 8.02. The fourth-order valence-electron chi connectivity index (χ4n) is 1.25. The molecule has 4 N–H and O–H groups in total. The highest BCUT2D eigenvalue weighted by Crippen LogP contribution is 2.27. The van der Waals surface area contributed by atoms with E-state index in [9.17, 15) is 4.79 Å². The summed E-state index contributed by atoms with van der Waals surface area (Å²) < 4.78 is 0.846. The van der Waals surface area contributed by atoms with Gasteiger partial charge in [0.1, 0.15) is 0 Å². The Morgan fingerprint density at radius 3 is 2.64 bits per heavy atom. The van der Waals surface area contributed by atoms with Gasteiger partial charge in [-0.15, -0.1) is 0 Å². The second-order valence-corrected chi connectivity index (χ2v) is 3.75. The minimum absolute atomic E-state index is 0.307. The molecule has 0 unspecified atom stereocenters. The Kier molecular flexibility index (Phi) is 3.49. The van der Waals surface area contributed by atoms with Crippen LogP contribution in [0.5, 0.6) is 0 Å². The van der Waals surface area contributed by atoms with Crippen LogP contribution in [0, 0.1) is 6.92 Å². The molecule has 0 saturated heterocycles. The van der Waals surface area contributed by atoms with Gasteiger partial charge in [-0.3, -0.25) is 10.2 Å². The summed E-state index contributed by atoms with van der Waals surface area (Å²) in [5.74, 6) is 4.78. The largest absolute Gasteiger partial charge is 0.387 e. The molecule has 4 nitrogen and oxygen atoms in total. The number of nitrogens with two attached hydrogens (primary N) is 1. The van der Waals surface area contributed by atoms with Gasteiger partial charge in [0.25, 0.3) is 5.91 Å². The molecule has 0 saturated carbocycles. The Morgan fingerprint density at radius 1 is 1.50 bits per heavy atom. The van der Waals surface area contributed by atoms with E-state index in [0.717, 1.165) is 15.7 Å². The van der Waals surface area contributed by atoms with E-state index in [1.807, 2.05) is 13.0 Å². The van der Waals surface area contributed by atoms with Crippen LogP contribution in [0.25, 0.3) is 0 Å². The van der Waals surface area contributed by atoms with Crippen molar-refractivity contribution in [2.75, 3.05) is 12.4 Å². The van der Waals surface area contributed by atoms with Gasteiger partial charge in [0.15, 0.2) is 0 Å². The summed E-state index contributed by atoms with van der Waals surface area (Å²) in [6.45, 7) is 1.91. The maximum Gasteiger partial charge on any atom is 0.267 e. The van der Waals surface area contributed by atoms with Gasteiger partial charge in [0.05, 0.1) is 11.3 Å². The molecular weight excluding hydrogens is 246 g/mol. The zero-order chi connectivity index (χ0) is 10.7. The van der Waals surface area contributed by atoms with Crippen LogP contribution < -0.4 is 16.6 Å². The van der Waals surface area contributed by atoms with E-state index in [-0.39, 0.29) is 5.91 Å². The van der Waals surface area contributed by atoms with Gasteiger partial charge in [-0.05, 0) is 40.5 Å². The first-order valence-electron chi connectivity index (χ1n) is 4.09. The molecule has 1 aromatic rings. The second kappa shape index (κ2) is 4.43. The molecule has 0 fully saturated rings. The molecule has 0 aliphatic heterocycles. The molecule has 5 heteroatoms. The third-order valence-corrected chi connectivity index (χ3v) is 2.49. The maximum absolute atomic E-state index is 11.4. The summed E-state index contributed by atoms with van der Waals surface area (Å²) in [7, 11) is 1.75. The molecule has 0 aromatic heterocycles. The fraction of sp³-hybridized carbons (Fsp3) is 0.222. The minimum atomic E-state index is -0.307. The van der Waals surface area contributed by atoms with E-state index in [1.54, 1.807) is 13.1 Å². The Labute approximate surface area is 91.0 Å². The average Bonchev–Trinajstić information content (AvgIpc) is 2.15. The van der Waals surface area contributed by atoms with Crippen LogP contribution in [0.3, 0.4) is 0 Å². The predicted octanol–water partition coefficient (Wildman–Crippen LogP) is 1.40. The number of hydrazine groups is 1. The molecule has 1 amide bonds. The van der Waals surface area contributed by atoms with Gasteiger partial charge in [0, 0.05) is 11.5 Å². The normalized spacial score (nSPS) is 9.71. The highest BCUT2D eigenvalue weighted by Gasteiger charge is 2.12. The SMILES string of the molecule is CNc1c(Br)cc(C)cc1C(=O)NN. The standard InChI is InChI=1S/C9H12BrN3O/c1-5-3-6(9(14)13-11)8(12-2)7(10)4-5/h3-4,12H,11H2,1-2H3,(H,13,14). The van der Waals surface area contributed by atoms with Gasteiger partial charge in [0.2, 0.25) is 0 Å². The van der Waals surface area contributed by atoms with Gasteiger partial charge < -0.3 is 5.32 Å². The molecule has 0 bridgehead atoms. The fourth-order valence-corrected chi connectivity index (χ4v) is 2.03. The van der Waals surface area contributed by atoms with E-state index in [0.29, 0.717) is 5.56 Å². The van der Waals surface area contributed by atoms with Crippen molar-refractivity contribution in [3.8, 4) is 0 Å². The Balaban J connectivity index is 3.32. The Morgan fingerprint density at radius 2 is 2.14 bits per heavy atom. The number of nitrogens with one attached hydrogen (secondary N) is 2. The summed E-state index contributed by atoms with van der Waals surface area (Å²) in [6.07, 6.45) is 0. The molecule has 14 heavy (non-hydrogen) atoms. The summed E-state index contributed by atoms with van der Waals surface area (Å²) >= 11 is 3.37. The number of halogens is 1. The first kappa shape index (κ1) is 11.0. The average molecular weight is 258 g/mol. The summed E-state index contributed by atoms with van der Waals surface area (Å²) in [5, 5.41) is 2.94. The third kappa shape index (κ3) is 2.05. The maximum atomic E-state index is 11.4. The van der Waals surface area contributed by atoms with E-state index in [1.165, 1.54) is 0 Å². The van der Waals surface area contributed by atoms with Gasteiger partial charge in [-0.25, -0.2) is 5.84 Å². The number of amides is 1. The Hall–Kier alpha value is -1.07. The van der Waals surface area contributed by atoms with Crippen molar-refractivity contribution < 1.29 is 4.79 Å². The molecule has 0 aliphatic rings. The smallest absolute Gasteiger partial charge is 0.267 e. The summed E-state index contributed by atoms with van der Waals surface area (Å²) in [4.78, 5) is 11.4. The van der Waals surface area contributed by atoms with Crippen LogP contribution in [0.2, 0.25) is 0 Å². The lowest BCUT2D eigenvalue weighted by Gasteiger charge is -2.11.